The second kappa shape index (κ2) is 6.23. The first kappa shape index (κ1) is 15.7. The second-order valence-corrected chi connectivity index (χ2v) is 6.02. The third kappa shape index (κ3) is 2.47. The van der Waals surface area contributed by atoms with Gasteiger partial charge in [-0.15, -0.1) is 5.10 Å². The summed E-state index contributed by atoms with van der Waals surface area (Å²) in [6.07, 6.45) is 5.27. The van der Waals surface area contributed by atoms with Crippen molar-refractivity contribution in [1.29, 1.82) is 0 Å². The minimum absolute atomic E-state index is 0.446. The zero-order valence-electron chi connectivity index (χ0n) is 14.5. The van der Waals surface area contributed by atoms with Gasteiger partial charge in [0.2, 0.25) is 5.75 Å². The Morgan fingerprint density at radius 2 is 1.80 bits per heavy atom. The summed E-state index contributed by atoms with van der Waals surface area (Å²) in [6, 6.07) is 5.68. The number of nitrogens with zero attached hydrogens (tertiary/aromatic N) is 4. The molecule has 0 radical (unpaired) electrons. The lowest BCUT2D eigenvalue weighted by Gasteiger charge is -2.21. The third-order valence-corrected chi connectivity index (χ3v) is 4.71. The van der Waals surface area contributed by atoms with Gasteiger partial charge in [0.25, 0.3) is 5.78 Å². The van der Waals surface area contributed by atoms with E-state index >= 15 is 0 Å². The molecule has 0 amide bonds. The molecular formula is C18H20N4O3. The number of hydrogen-bond acceptors (Lipinski definition) is 6. The van der Waals surface area contributed by atoms with Crippen LogP contribution >= 0.6 is 0 Å². The van der Waals surface area contributed by atoms with E-state index in [1.165, 1.54) is 6.42 Å². The van der Waals surface area contributed by atoms with Crippen LogP contribution in [0.3, 0.4) is 0 Å². The highest BCUT2D eigenvalue weighted by atomic mass is 16.5. The van der Waals surface area contributed by atoms with Gasteiger partial charge in [-0.2, -0.15) is 9.50 Å². The van der Waals surface area contributed by atoms with E-state index < -0.39 is 0 Å². The average molecular weight is 340 g/mol. The number of methoxy groups -OCH3 is 3. The molecule has 2 heterocycles. The molecular weight excluding hydrogens is 320 g/mol. The lowest BCUT2D eigenvalue weighted by Crippen LogP contribution is -2.10. The van der Waals surface area contributed by atoms with Crippen molar-refractivity contribution < 1.29 is 14.2 Å². The maximum Gasteiger partial charge on any atom is 0.252 e. The molecule has 3 aromatic rings. The van der Waals surface area contributed by atoms with Crippen molar-refractivity contribution in [2.75, 3.05) is 21.3 Å². The van der Waals surface area contributed by atoms with Crippen LogP contribution in [-0.2, 0) is 0 Å². The van der Waals surface area contributed by atoms with E-state index in [9.17, 15) is 0 Å². The van der Waals surface area contributed by atoms with E-state index in [0.29, 0.717) is 28.9 Å². The van der Waals surface area contributed by atoms with Gasteiger partial charge in [-0.25, -0.2) is 4.98 Å². The van der Waals surface area contributed by atoms with Crippen LogP contribution in [0.4, 0.5) is 0 Å². The van der Waals surface area contributed by atoms with Gasteiger partial charge in [-0.05, 0) is 31.0 Å². The lowest BCUT2D eigenvalue weighted by molar-refractivity contribution is 0.325. The number of aromatic nitrogens is 4. The summed E-state index contributed by atoms with van der Waals surface area (Å²) in [7, 11) is 4.81. The molecule has 0 spiro atoms. The van der Waals surface area contributed by atoms with Crippen LogP contribution in [0.5, 0.6) is 17.2 Å². The standard InChI is InChI=1S/C18H20N4O3/c1-23-14-8-7-12(15(24-2)16(14)25-3)13-9-10-19-18-20-17(21-22(13)18)11-5-4-6-11/h7-11H,4-6H2,1-3H3. The quantitative estimate of drug-likeness (QED) is 0.711. The van der Waals surface area contributed by atoms with Gasteiger partial charge in [-0.1, -0.05) is 6.42 Å². The van der Waals surface area contributed by atoms with Crippen LogP contribution < -0.4 is 14.2 Å². The van der Waals surface area contributed by atoms with Gasteiger partial charge in [0.15, 0.2) is 17.3 Å². The number of hydrogen-bond donors (Lipinski definition) is 0. The number of rotatable bonds is 5. The lowest BCUT2D eigenvalue weighted by atomic mass is 9.85. The Labute approximate surface area is 145 Å². The Balaban J connectivity index is 1.90. The second-order valence-electron chi connectivity index (χ2n) is 6.02. The van der Waals surface area contributed by atoms with Crippen molar-refractivity contribution in [3.63, 3.8) is 0 Å². The minimum Gasteiger partial charge on any atom is -0.493 e. The summed E-state index contributed by atoms with van der Waals surface area (Å²) in [5, 5.41) is 4.70. The predicted molar refractivity (Wildman–Crippen MR) is 92.5 cm³/mol. The highest BCUT2D eigenvalue weighted by Gasteiger charge is 2.25. The molecule has 25 heavy (non-hydrogen) atoms. The van der Waals surface area contributed by atoms with Crippen molar-refractivity contribution in [1.82, 2.24) is 19.6 Å². The van der Waals surface area contributed by atoms with Crippen LogP contribution in [0.2, 0.25) is 0 Å². The Kier molecular flexibility index (Phi) is 3.91. The fourth-order valence-corrected chi connectivity index (χ4v) is 3.16. The molecule has 4 rings (SSSR count). The van der Waals surface area contributed by atoms with E-state index in [0.717, 1.165) is 29.9 Å². The van der Waals surface area contributed by atoms with E-state index in [-0.39, 0.29) is 0 Å². The SMILES string of the molecule is COc1ccc(-c2ccnc3nc(C4CCC4)nn23)c(OC)c1OC. The Morgan fingerprint density at radius 1 is 1.00 bits per heavy atom. The molecule has 0 aliphatic heterocycles. The Morgan fingerprint density at radius 3 is 2.44 bits per heavy atom. The Hall–Kier alpha value is -2.83. The van der Waals surface area contributed by atoms with Crippen molar-refractivity contribution in [2.24, 2.45) is 0 Å². The Bertz CT molecular complexity index is 918. The normalized spacial score (nSPS) is 14.4. The molecule has 7 nitrogen and oxygen atoms in total. The van der Waals surface area contributed by atoms with Gasteiger partial charge >= 0.3 is 0 Å². The topological polar surface area (TPSA) is 70.8 Å². The van der Waals surface area contributed by atoms with Crippen molar-refractivity contribution in [2.45, 2.75) is 25.2 Å². The van der Waals surface area contributed by atoms with E-state index in [1.807, 2.05) is 18.2 Å². The third-order valence-electron chi connectivity index (χ3n) is 4.71. The first-order valence-electron chi connectivity index (χ1n) is 8.27. The summed E-state index contributed by atoms with van der Waals surface area (Å²) in [5.74, 6) is 3.66. The molecule has 2 aromatic heterocycles. The van der Waals surface area contributed by atoms with Crippen LogP contribution in [0.15, 0.2) is 24.4 Å². The summed E-state index contributed by atoms with van der Waals surface area (Å²) >= 11 is 0. The zero-order valence-corrected chi connectivity index (χ0v) is 14.5. The van der Waals surface area contributed by atoms with Gasteiger partial charge < -0.3 is 14.2 Å². The van der Waals surface area contributed by atoms with Crippen LogP contribution in [-0.4, -0.2) is 40.9 Å². The highest BCUT2D eigenvalue weighted by molar-refractivity contribution is 5.75. The number of ether oxygens (including phenoxy) is 3. The monoisotopic (exact) mass is 340 g/mol. The molecule has 1 fully saturated rings. The average Bonchev–Trinajstić information content (AvgIpc) is 3.01. The molecule has 1 saturated carbocycles. The number of benzene rings is 1. The maximum atomic E-state index is 5.61. The summed E-state index contributed by atoms with van der Waals surface area (Å²) in [5.41, 5.74) is 1.69. The van der Waals surface area contributed by atoms with Crippen LogP contribution in [0.25, 0.3) is 17.0 Å². The van der Waals surface area contributed by atoms with Gasteiger partial charge in [0.05, 0.1) is 27.0 Å². The van der Waals surface area contributed by atoms with Crippen molar-refractivity contribution in [3.8, 4) is 28.5 Å². The molecule has 7 heteroatoms. The van der Waals surface area contributed by atoms with Crippen LogP contribution in [0, 0.1) is 0 Å². The fraction of sp³-hybridized carbons (Fsp3) is 0.389. The summed E-state index contributed by atoms with van der Waals surface area (Å²) in [6.45, 7) is 0. The van der Waals surface area contributed by atoms with Crippen molar-refractivity contribution >= 4 is 5.78 Å². The minimum atomic E-state index is 0.446. The van der Waals surface area contributed by atoms with Gasteiger partial charge in [0, 0.05) is 17.7 Å². The molecule has 0 saturated heterocycles. The molecule has 0 unspecified atom stereocenters. The molecule has 0 atom stereocenters. The summed E-state index contributed by atoms with van der Waals surface area (Å²) in [4.78, 5) is 8.95. The fourth-order valence-electron chi connectivity index (χ4n) is 3.16. The zero-order chi connectivity index (χ0) is 17.4. The first-order chi connectivity index (χ1) is 12.3. The highest BCUT2D eigenvalue weighted by Crippen LogP contribution is 2.44. The van der Waals surface area contributed by atoms with Gasteiger partial charge in [-0.3, -0.25) is 0 Å². The van der Waals surface area contributed by atoms with Gasteiger partial charge in [0.1, 0.15) is 0 Å². The summed E-state index contributed by atoms with van der Waals surface area (Å²) < 4.78 is 18.2. The number of fused-ring (bicyclic) bond motifs is 1. The first-order valence-corrected chi connectivity index (χ1v) is 8.27. The molecule has 130 valence electrons. The molecule has 1 aromatic carbocycles. The maximum absolute atomic E-state index is 5.61. The molecule has 1 aliphatic carbocycles. The van der Waals surface area contributed by atoms with E-state index in [2.05, 4.69) is 9.97 Å². The van der Waals surface area contributed by atoms with E-state index in [4.69, 9.17) is 19.3 Å². The molecule has 0 bridgehead atoms. The van der Waals surface area contributed by atoms with Crippen molar-refractivity contribution in [3.05, 3.63) is 30.2 Å². The molecule has 1 aliphatic rings. The smallest absolute Gasteiger partial charge is 0.252 e. The van der Waals surface area contributed by atoms with Crippen LogP contribution in [0.1, 0.15) is 31.0 Å². The van der Waals surface area contributed by atoms with E-state index in [1.54, 1.807) is 32.0 Å². The predicted octanol–water partition coefficient (Wildman–Crippen LogP) is 3.08. The largest absolute Gasteiger partial charge is 0.493 e. The molecule has 0 N–H and O–H groups in total.